The van der Waals surface area contributed by atoms with E-state index in [9.17, 15) is 14.4 Å². The second-order valence-electron chi connectivity index (χ2n) is 4.85. The fourth-order valence-electron chi connectivity index (χ4n) is 2.13. The molecule has 1 aromatic rings. The second kappa shape index (κ2) is 6.82. The first kappa shape index (κ1) is 15.7. The number of amides is 3. The molecule has 1 atom stereocenters. The Bertz CT molecular complexity index is 539. The summed E-state index contributed by atoms with van der Waals surface area (Å²) in [5.74, 6) is -0.923. The van der Waals surface area contributed by atoms with Gasteiger partial charge in [0.1, 0.15) is 12.6 Å². The van der Waals surface area contributed by atoms with Crippen LogP contribution < -0.4 is 5.32 Å². The number of carbonyl (C=O) groups is 3. The van der Waals surface area contributed by atoms with Crippen molar-refractivity contribution >= 4 is 29.1 Å². The summed E-state index contributed by atoms with van der Waals surface area (Å²) in [6, 6.07) is 3.96. The molecule has 1 N–H and O–H groups in total. The van der Waals surface area contributed by atoms with Gasteiger partial charge in [-0.15, -0.1) is 11.3 Å². The van der Waals surface area contributed by atoms with Crippen LogP contribution >= 0.6 is 11.3 Å². The molecule has 0 aromatic carbocycles. The number of methoxy groups -OCH3 is 1. The van der Waals surface area contributed by atoms with Gasteiger partial charge in [-0.05, 0) is 19.1 Å². The predicted octanol–water partition coefficient (Wildman–Crippen LogP) is 1.01. The largest absolute Gasteiger partial charge is 0.374 e. The molecule has 1 aliphatic rings. The molecule has 21 heavy (non-hydrogen) atoms. The summed E-state index contributed by atoms with van der Waals surface area (Å²) in [4.78, 5) is 37.9. The number of thiophene rings is 1. The molecule has 1 fully saturated rings. The van der Waals surface area contributed by atoms with Crippen molar-refractivity contribution in [1.82, 2.24) is 10.2 Å². The van der Waals surface area contributed by atoms with Crippen molar-refractivity contribution in [2.24, 2.45) is 0 Å². The van der Waals surface area contributed by atoms with Crippen molar-refractivity contribution < 1.29 is 19.1 Å². The molecule has 1 aliphatic heterocycles. The summed E-state index contributed by atoms with van der Waals surface area (Å²) in [5.41, 5.74) is 0. The van der Waals surface area contributed by atoms with Gasteiger partial charge in [-0.25, -0.2) is 0 Å². The molecule has 0 spiro atoms. The minimum Gasteiger partial charge on any atom is -0.374 e. The maximum Gasteiger partial charge on any atom is 0.240 e. The van der Waals surface area contributed by atoms with E-state index in [1.165, 1.54) is 4.88 Å². The summed E-state index contributed by atoms with van der Waals surface area (Å²) in [6.07, 6.45) is 0.167. The smallest absolute Gasteiger partial charge is 0.240 e. The van der Waals surface area contributed by atoms with Crippen molar-refractivity contribution in [2.45, 2.75) is 25.9 Å². The summed E-state index contributed by atoms with van der Waals surface area (Å²) in [5, 5.41) is 2.71. The SMILES string of the molecule is CO[C@H](CNC(=O)CN1C(=O)CCC1=O)c1ccc(C)s1. The topological polar surface area (TPSA) is 75.7 Å². The van der Waals surface area contributed by atoms with Crippen molar-refractivity contribution in [3.63, 3.8) is 0 Å². The average molecular weight is 310 g/mol. The third-order valence-corrected chi connectivity index (χ3v) is 4.40. The number of imide groups is 1. The first-order valence-electron chi connectivity index (χ1n) is 6.70. The Morgan fingerprint density at radius 1 is 1.38 bits per heavy atom. The van der Waals surface area contributed by atoms with E-state index in [0.29, 0.717) is 6.54 Å². The number of ether oxygens (including phenoxy) is 1. The lowest BCUT2D eigenvalue weighted by atomic mass is 10.3. The van der Waals surface area contributed by atoms with E-state index < -0.39 is 0 Å². The fourth-order valence-corrected chi connectivity index (χ4v) is 3.09. The number of nitrogens with one attached hydrogen (secondary N) is 1. The zero-order valence-corrected chi connectivity index (χ0v) is 12.9. The number of aryl methyl sites for hydroxylation is 1. The Morgan fingerprint density at radius 3 is 2.57 bits per heavy atom. The molecule has 3 amide bonds. The Labute approximate surface area is 127 Å². The van der Waals surface area contributed by atoms with Gasteiger partial charge in [0.2, 0.25) is 17.7 Å². The first-order valence-corrected chi connectivity index (χ1v) is 7.52. The molecule has 0 radical (unpaired) electrons. The Hall–Kier alpha value is -1.73. The minimum atomic E-state index is -0.353. The quantitative estimate of drug-likeness (QED) is 0.796. The third kappa shape index (κ3) is 3.89. The maximum absolute atomic E-state index is 11.8. The molecular formula is C14H18N2O4S. The van der Waals surface area contributed by atoms with Gasteiger partial charge in [-0.3, -0.25) is 19.3 Å². The van der Waals surface area contributed by atoms with Gasteiger partial charge in [-0.2, -0.15) is 0 Å². The van der Waals surface area contributed by atoms with Gasteiger partial charge in [0, 0.05) is 36.3 Å². The van der Waals surface area contributed by atoms with Gasteiger partial charge < -0.3 is 10.1 Å². The Kier molecular flexibility index (Phi) is 5.08. The number of nitrogens with zero attached hydrogens (tertiary/aromatic N) is 1. The van der Waals surface area contributed by atoms with E-state index in [0.717, 1.165) is 9.78 Å². The number of likely N-dealkylation sites (tertiary alicyclic amines) is 1. The normalized spacial score (nSPS) is 16.4. The summed E-state index contributed by atoms with van der Waals surface area (Å²) in [6.45, 7) is 2.10. The lowest BCUT2D eigenvalue weighted by Crippen LogP contribution is -2.41. The molecule has 6 nitrogen and oxygen atoms in total. The van der Waals surface area contributed by atoms with E-state index in [1.54, 1.807) is 18.4 Å². The number of hydrogen-bond donors (Lipinski definition) is 1. The monoisotopic (exact) mass is 310 g/mol. The number of hydrogen-bond acceptors (Lipinski definition) is 5. The molecule has 2 heterocycles. The van der Waals surface area contributed by atoms with E-state index in [4.69, 9.17) is 4.74 Å². The summed E-state index contributed by atoms with van der Waals surface area (Å²) >= 11 is 1.61. The highest BCUT2D eigenvalue weighted by Crippen LogP contribution is 2.24. The van der Waals surface area contributed by atoms with E-state index in [-0.39, 0.29) is 43.2 Å². The van der Waals surface area contributed by atoms with Gasteiger partial charge in [0.05, 0.1) is 0 Å². The molecule has 1 saturated heterocycles. The van der Waals surface area contributed by atoms with E-state index >= 15 is 0 Å². The van der Waals surface area contributed by atoms with Crippen LogP contribution in [0.5, 0.6) is 0 Å². The average Bonchev–Trinajstić information content (AvgIpc) is 3.00. The molecule has 0 saturated carbocycles. The molecule has 0 aliphatic carbocycles. The molecule has 114 valence electrons. The van der Waals surface area contributed by atoms with E-state index in [2.05, 4.69) is 5.32 Å². The van der Waals surface area contributed by atoms with Gasteiger partial charge in [-0.1, -0.05) is 0 Å². The standard InChI is InChI=1S/C14H18N2O4S/c1-9-3-4-11(21-9)10(20-2)7-15-12(17)8-16-13(18)5-6-14(16)19/h3-4,10H,5-8H2,1-2H3,(H,15,17)/t10-/m1/s1. The lowest BCUT2D eigenvalue weighted by Gasteiger charge is -2.17. The molecule has 0 bridgehead atoms. The summed E-state index contributed by atoms with van der Waals surface area (Å²) in [7, 11) is 1.58. The molecule has 1 aromatic heterocycles. The van der Waals surface area contributed by atoms with Crippen LogP contribution in [0.3, 0.4) is 0 Å². The zero-order valence-electron chi connectivity index (χ0n) is 12.0. The summed E-state index contributed by atoms with van der Waals surface area (Å²) < 4.78 is 5.36. The third-order valence-electron chi connectivity index (χ3n) is 3.30. The van der Waals surface area contributed by atoms with Crippen LogP contribution in [0.2, 0.25) is 0 Å². The fraction of sp³-hybridized carbons (Fsp3) is 0.500. The number of carbonyl (C=O) groups excluding carboxylic acids is 3. The van der Waals surface area contributed by atoms with Crippen LogP contribution in [0.25, 0.3) is 0 Å². The molecule has 2 rings (SSSR count). The van der Waals surface area contributed by atoms with E-state index in [1.807, 2.05) is 19.1 Å². The van der Waals surface area contributed by atoms with Crippen LogP contribution in [0.1, 0.15) is 28.7 Å². The Morgan fingerprint density at radius 2 is 2.05 bits per heavy atom. The molecule has 0 unspecified atom stereocenters. The Balaban J connectivity index is 1.85. The highest BCUT2D eigenvalue weighted by Gasteiger charge is 2.30. The first-order chi connectivity index (χ1) is 10.0. The minimum absolute atomic E-state index is 0.196. The van der Waals surface area contributed by atoms with Crippen LogP contribution in [-0.4, -0.2) is 42.8 Å². The predicted molar refractivity (Wildman–Crippen MR) is 77.8 cm³/mol. The van der Waals surface area contributed by atoms with Crippen LogP contribution in [0.4, 0.5) is 0 Å². The van der Waals surface area contributed by atoms with Crippen LogP contribution in [-0.2, 0) is 19.1 Å². The zero-order chi connectivity index (χ0) is 15.4. The van der Waals surface area contributed by atoms with Crippen LogP contribution in [0, 0.1) is 6.92 Å². The molecular weight excluding hydrogens is 292 g/mol. The highest BCUT2D eigenvalue weighted by atomic mass is 32.1. The van der Waals surface area contributed by atoms with Crippen molar-refractivity contribution in [1.29, 1.82) is 0 Å². The van der Waals surface area contributed by atoms with Crippen molar-refractivity contribution in [3.8, 4) is 0 Å². The van der Waals surface area contributed by atoms with Gasteiger partial charge in [0.15, 0.2) is 0 Å². The second-order valence-corrected chi connectivity index (χ2v) is 6.17. The van der Waals surface area contributed by atoms with Gasteiger partial charge in [0.25, 0.3) is 0 Å². The lowest BCUT2D eigenvalue weighted by molar-refractivity contribution is -0.142. The molecule has 7 heteroatoms. The van der Waals surface area contributed by atoms with Crippen LogP contribution in [0.15, 0.2) is 12.1 Å². The van der Waals surface area contributed by atoms with Crippen molar-refractivity contribution in [2.75, 3.05) is 20.2 Å². The van der Waals surface area contributed by atoms with Gasteiger partial charge >= 0.3 is 0 Å². The van der Waals surface area contributed by atoms with Crippen molar-refractivity contribution in [3.05, 3.63) is 21.9 Å². The highest BCUT2D eigenvalue weighted by molar-refractivity contribution is 7.12. The maximum atomic E-state index is 11.8. The number of rotatable bonds is 6.